The van der Waals surface area contributed by atoms with Crippen LogP contribution in [0.2, 0.25) is 0 Å². The topological polar surface area (TPSA) is 61.0 Å². The number of urea groups is 1. The average Bonchev–Trinajstić information content (AvgIpc) is 3.32. The summed E-state index contributed by atoms with van der Waals surface area (Å²) in [6.45, 7) is 4.74. The van der Waals surface area contributed by atoms with E-state index in [9.17, 15) is 4.79 Å². The van der Waals surface area contributed by atoms with Gasteiger partial charge >= 0.3 is 6.03 Å². The number of imidazole rings is 1. The summed E-state index contributed by atoms with van der Waals surface area (Å²) >= 11 is 1.68. The number of thiophene rings is 1. The minimum atomic E-state index is -0.0717. The van der Waals surface area contributed by atoms with Crippen LogP contribution >= 0.6 is 11.3 Å². The highest BCUT2D eigenvalue weighted by Gasteiger charge is 2.28. The van der Waals surface area contributed by atoms with E-state index in [1.165, 1.54) is 18.4 Å². The monoisotopic (exact) mass is 346 g/mol. The molecular weight excluding hydrogens is 320 g/mol. The van der Waals surface area contributed by atoms with Crippen LogP contribution in [0, 0.1) is 6.92 Å². The van der Waals surface area contributed by atoms with E-state index in [0.29, 0.717) is 12.6 Å². The van der Waals surface area contributed by atoms with Gasteiger partial charge in [-0.15, -0.1) is 0 Å². The molecule has 1 fully saturated rings. The molecule has 1 aliphatic rings. The summed E-state index contributed by atoms with van der Waals surface area (Å²) in [4.78, 5) is 22.6. The molecule has 0 aliphatic heterocycles. The second-order valence-corrected chi connectivity index (χ2v) is 7.34. The molecule has 1 aliphatic carbocycles. The number of hydrogen-bond acceptors (Lipinski definition) is 3. The van der Waals surface area contributed by atoms with Crippen LogP contribution in [0.15, 0.2) is 23.0 Å². The fourth-order valence-electron chi connectivity index (χ4n) is 3.37. The number of carbonyl (C=O) groups is 1. The maximum atomic E-state index is 13.0. The Hall–Kier alpha value is -1.82. The SMILES string of the molecule is CC[C@@H](NC(=O)N(Cc1ccsc1)C1CCCC1)c1ncc(C)[nH]1. The van der Waals surface area contributed by atoms with Crippen LogP contribution in [-0.2, 0) is 6.54 Å². The van der Waals surface area contributed by atoms with E-state index in [-0.39, 0.29) is 12.1 Å². The zero-order valence-electron chi connectivity index (χ0n) is 14.4. The molecule has 1 atom stereocenters. The summed E-state index contributed by atoms with van der Waals surface area (Å²) in [7, 11) is 0. The first-order valence-electron chi connectivity index (χ1n) is 8.77. The largest absolute Gasteiger partial charge is 0.344 e. The van der Waals surface area contributed by atoms with E-state index in [2.05, 4.69) is 39.0 Å². The van der Waals surface area contributed by atoms with Crippen molar-refractivity contribution in [2.75, 3.05) is 0 Å². The summed E-state index contributed by atoms with van der Waals surface area (Å²) in [6, 6.07) is 2.40. The van der Waals surface area contributed by atoms with Crippen molar-refractivity contribution >= 4 is 17.4 Å². The molecule has 6 heteroatoms. The van der Waals surface area contributed by atoms with Crippen molar-refractivity contribution < 1.29 is 4.79 Å². The number of amides is 2. The lowest BCUT2D eigenvalue weighted by Gasteiger charge is -2.30. The molecule has 5 nitrogen and oxygen atoms in total. The third kappa shape index (κ3) is 3.98. The normalized spacial score (nSPS) is 16.2. The van der Waals surface area contributed by atoms with Crippen LogP contribution in [-0.4, -0.2) is 26.9 Å². The van der Waals surface area contributed by atoms with Gasteiger partial charge in [-0.3, -0.25) is 0 Å². The van der Waals surface area contributed by atoms with Crippen molar-refractivity contribution in [3.05, 3.63) is 40.1 Å². The molecule has 0 radical (unpaired) electrons. The van der Waals surface area contributed by atoms with Gasteiger partial charge in [-0.25, -0.2) is 9.78 Å². The highest BCUT2D eigenvalue weighted by Crippen LogP contribution is 2.26. The molecule has 2 aromatic rings. The highest BCUT2D eigenvalue weighted by molar-refractivity contribution is 7.07. The second-order valence-electron chi connectivity index (χ2n) is 6.56. The van der Waals surface area contributed by atoms with Gasteiger partial charge in [0.15, 0.2) is 0 Å². The van der Waals surface area contributed by atoms with Crippen LogP contribution in [0.3, 0.4) is 0 Å². The Balaban J connectivity index is 1.72. The van der Waals surface area contributed by atoms with Gasteiger partial charge in [0, 0.05) is 24.5 Å². The third-order valence-corrected chi connectivity index (χ3v) is 5.45. The fourth-order valence-corrected chi connectivity index (χ4v) is 4.03. The summed E-state index contributed by atoms with van der Waals surface area (Å²) in [6.07, 6.45) is 7.27. The third-order valence-electron chi connectivity index (χ3n) is 4.72. The van der Waals surface area contributed by atoms with Gasteiger partial charge in [-0.05, 0) is 48.6 Å². The quantitative estimate of drug-likeness (QED) is 0.815. The first-order valence-corrected chi connectivity index (χ1v) is 9.71. The van der Waals surface area contributed by atoms with Gasteiger partial charge < -0.3 is 15.2 Å². The molecule has 0 saturated heterocycles. The van der Waals surface area contributed by atoms with Crippen LogP contribution in [0.4, 0.5) is 4.79 Å². The maximum absolute atomic E-state index is 13.0. The molecule has 2 amide bonds. The van der Waals surface area contributed by atoms with Crippen LogP contribution in [0.1, 0.15) is 62.2 Å². The molecular formula is C18H26N4OS. The van der Waals surface area contributed by atoms with E-state index < -0.39 is 0 Å². The number of nitrogens with zero attached hydrogens (tertiary/aromatic N) is 2. The molecule has 2 N–H and O–H groups in total. The number of aryl methyl sites for hydroxylation is 1. The Morgan fingerprint density at radius 2 is 2.29 bits per heavy atom. The van der Waals surface area contributed by atoms with Crippen molar-refractivity contribution in [1.82, 2.24) is 20.2 Å². The van der Waals surface area contributed by atoms with Crippen molar-refractivity contribution in [3.63, 3.8) is 0 Å². The Morgan fingerprint density at radius 1 is 1.50 bits per heavy atom. The predicted octanol–water partition coefficient (Wildman–Crippen LogP) is 4.39. The lowest BCUT2D eigenvalue weighted by atomic mass is 10.2. The van der Waals surface area contributed by atoms with E-state index in [4.69, 9.17) is 0 Å². The number of H-pyrrole nitrogens is 1. The summed E-state index contributed by atoms with van der Waals surface area (Å²) in [5.41, 5.74) is 2.23. The number of aromatic nitrogens is 2. The number of carbonyl (C=O) groups excluding carboxylic acids is 1. The smallest absolute Gasteiger partial charge is 0.318 e. The zero-order valence-corrected chi connectivity index (χ0v) is 15.2. The Morgan fingerprint density at radius 3 is 2.88 bits per heavy atom. The first kappa shape index (κ1) is 17.0. The predicted molar refractivity (Wildman–Crippen MR) is 97.0 cm³/mol. The minimum absolute atomic E-state index is 0.0222. The molecule has 3 rings (SSSR count). The summed E-state index contributed by atoms with van der Waals surface area (Å²) < 4.78 is 0. The summed E-state index contributed by atoms with van der Waals surface area (Å²) in [5.74, 6) is 0.838. The molecule has 24 heavy (non-hydrogen) atoms. The lowest BCUT2D eigenvalue weighted by molar-refractivity contribution is 0.166. The zero-order chi connectivity index (χ0) is 16.9. The van der Waals surface area contributed by atoms with Gasteiger partial charge in [-0.2, -0.15) is 11.3 Å². The van der Waals surface area contributed by atoms with Crippen molar-refractivity contribution in [2.45, 2.75) is 64.6 Å². The van der Waals surface area contributed by atoms with Crippen LogP contribution in [0.5, 0.6) is 0 Å². The average molecular weight is 347 g/mol. The number of hydrogen-bond donors (Lipinski definition) is 2. The molecule has 2 heterocycles. The van der Waals surface area contributed by atoms with E-state index in [0.717, 1.165) is 30.8 Å². The Labute approximate surface area is 147 Å². The number of rotatable bonds is 6. The summed E-state index contributed by atoms with van der Waals surface area (Å²) in [5, 5.41) is 7.38. The van der Waals surface area contributed by atoms with E-state index >= 15 is 0 Å². The maximum Gasteiger partial charge on any atom is 0.318 e. The van der Waals surface area contributed by atoms with Crippen LogP contribution < -0.4 is 5.32 Å². The van der Waals surface area contributed by atoms with Crippen molar-refractivity contribution in [2.24, 2.45) is 0 Å². The standard InChI is InChI=1S/C18H26N4OS/c1-3-16(17-19-10-13(2)20-17)21-18(23)22(15-6-4-5-7-15)11-14-8-9-24-12-14/h8-10,12,15-16H,3-7,11H2,1-2H3,(H,19,20)(H,21,23)/t16-/m1/s1. The van der Waals surface area contributed by atoms with Crippen molar-refractivity contribution in [1.29, 1.82) is 0 Å². The number of nitrogens with one attached hydrogen (secondary N) is 2. The number of aromatic amines is 1. The fraction of sp³-hybridized carbons (Fsp3) is 0.556. The highest BCUT2D eigenvalue weighted by atomic mass is 32.1. The molecule has 0 aromatic carbocycles. The molecule has 2 aromatic heterocycles. The molecule has 130 valence electrons. The van der Waals surface area contributed by atoms with Gasteiger partial charge in [0.2, 0.25) is 0 Å². The first-order chi connectivity index (χ1) is 11.7. The van der Waals surface area contributed by atoms with Gasteiger partial charge in [-0.1, -0.05) is 19.8 Å². The molecule has 0 unspecified atom stereocenters. The molecule has 0 spiro atoms. The lowest BCUT2D eigenvalue weighted by Crippen LogP contribution is -2.46. The molecule has 1 saturated carbocycles. The Bertz CT molecular complexity index is 646. The molecule has 0 bridgehead atoms. The van der Waals surface area contributed by atoms with Gasteiger partial charge in [0.1, 0.15) is 5.82 Å². The minimum Gasteiger partial charge on any atom is -0.344 e. The van der Waals surface area contributed by atoms with E-state index in [1.54, 1.807) is 11.3 Å². The second kappa shape index (κ2) is 7.83. The van der Waals surface area contributed by atoms with Gasteiger partial charge in [0.25, 0.3) is 0 Å². The Kier molecular flexibility index (Phi) is 5.56. The van der Waals surface area contributed by atoms with Gasteiger partial charge in [0.05, 0.1) is 6.04 Å². The van der Waals surface area contributed by atoms with Crippen molar-refractivity contribution in [3.8, 4) is 0 Å². The van der Waals surface area contributed by atoms with Crippen LogP contribution in [0.25, 0.3) is 0 Å². The van der Waals surface area contributed by atoms with E-state index in [1.807, 2.05) is 18.0 Å².